The molecule has 2 unspecified atom stereocenters. The van der Waals surface area contributed by atoms with Gasteiger partial charge in [-0.3, -0.25) is 9.59 Å². The van der Waals surface area contributed by atoms with Crippen LogP contribution in [0.2, 0.25) is 0 Å². The van der Waals surface area contributed by atoms with Gasteiger partial charge >= 0.3 is 11.9 Å². The molecule has 4 heteroatoms. The molecule has 4 saturated carbocycles. The van der Waals surface area contributed by atoms with Crippen molar-refractivity contribution in [2.75, 3.05) is 7.11 Å². The fraction of sp³-hybridized carbons (Fsp3) is 0.917. The lowest BCUT2D eigenvalue weighted by atomic mass is 9.38. The molecule has 4 fully saturated rings. The molecule has 0 amide bonds. The van der Waals surface area contributed by atoms with Gasteiger partial charge in [-0.25, -0.2) is 0 Å². The van der Waals surface area contributed by atoms with E-state index in [9.17, 15) is 9.59 Å². The van der Waals surface area contributed by atoms with Crippen LogP contribution in [0.25, 0.3) is 0 Å². The van der Waals surface area contributed by atoms with Gasteiger partial charge in [-0.1, -0.05) is 34.1 Å². The molecule has 4 nitrogen and oxygen atoms in total. The fourth-order valence-electron chi connectivity index (χ4n) is 8.52. The Labute approximate surface area is 170 Å². The van der Waals surface area contributed by atoms with Crippen molar-refractivity contribution in [1.29, 1.82) is 0 Å². The van der Waals surface area contributed by atoms with Gasteiger partial charge in [0.05, 0.1) is 7.11 Å². The van der Waals surface area contributed by atoms with Crippen LogP contribution in [0.3, 0.4) is 0 Å². The van der Waals surface area contributed by atoms with E-state index in [-0.39, 0.29) is 17.9 Å². The van der Waals surface area contributed by atoms with Crippen LogP contribution in [0.1, 0.15) is 91.9 Å². The van der Waals surface area contributed by atoms with Crippen molar-refractivity contribution in [2.45, 2.75) is 98.0 Å². The predicted molar refractivity (Wildman–Crippen MR) is 107 cm³/mol. The summed E-state index contributed by atoms with van der Waals surface area (Å²) in [7, 11) is 1.31. The van der Waals surface area contributed by atoms with E-state index in [1.54, 1.807) is 0 Å². The maximum absolute atomic E-state index is 12.3. The largest absolute Gasteiger partial charge is 0.469 e. The minimum atomic E-state index is -0.510. The van der Waals surface area contributed by atoms with Crippen molar-refractivity contribution in [3.63, 3.8) is 0 Å². The summed E-state index contributed by atoms with van der Waals surface area (Å²) >= 11 is 0. The summed E-state index contributed by atoms with van der Waals surface area (Å²) < 4.78 is 10.5. The summed E-state index contributed by atoms with van der Waals surface area (Å²) in [5.74, 6) is 0.528. The van der Waals surface area contributed by atoms with E-state index in [1.807, 2.05) is 0 Å². The van der Waals surface area contributed by atoms with E-state index in [4.69, 9.17) is 4.74 Å². The molecule has 28 heavy (non-hydrogen) atoms. The van der Waals surface area contributed by atoms with Gasteiger partial charge < -0.3 is 9.47 Å². The highest BCUT2D eigenvalue weighted by atomic mass is 16.6. The van der Waals surface area contributed by atoms with Crippen molar-refractivity contribution in [3.05, 3.63) is 0 Å². The number of methoxy groups -OCH3 is 1. The summed E-state index contributed by atoms with van der Waals surface area (Å²) in [6, 6.07) is 0. The van der Waals surface area contributed by atoms with Gasteiger partial charge in [0, 0.05) is 5.41 Å². The summed E-state index contributed by atoms with van der Waals surface area (Å²) in [5, 5.41) is 0. The van der Waals surface area contributed by atoms with Crippen molar-refractivity contribution < 1.29 is 19.1 Å². The first-order valence-electron chi connectivity index (χ1n) is 11.3. The van der Waals surface area contributed by atoms with Crippen molar-refractivity contribution in [2.24, 2.45) is 33.5 Å². The number of esters is 2. The first kappa shape index (κ1) is 20.2. The molecule has 0 aromatic heterocycles. The molecular weight excluding hydrogens is 352 g/mol. The Bertz CT molecular complexity index is 670. The Morgan fingerprint density at radius 2 is 1.71 bits per heavy atom. The van der Waals surface area contributed by atoms with E-state index < -0.39 is 11.9 Å². The molecule has 0 radical (unpaired) electrons. The third-order valence-electron chi connectivity index (χ3n) is 9.88. The molecule has 4 rings (SSSR count). The van der Waals surface area contributed by atoms with Gasteiger partial charge in [0.15, 0.2) is 0 Å². The molecule has 2 bridgehead atoms. The summed E-state index contributed by atoms with van der Waals surface area (Å²) in [6.07, 6.45) is 10.9. The predicted octanol–water partition coefficient (Wildman–Crippen LogP) is 5.28. The number of hydrogen-bond donors (Lipinski definition) is 0. The van der Waals surface area contributed by atoms with Gasteiger partial charge in [-0.2, -0.15) is 0 Å². The van der Waals surface area contributed by atoms with E-state index in [2.05, 4.69) is 32.4 Å². The van der Waals surface area contributed by atoms with Gasteiger partial charge in [0.1, 0.15) is 12.5 Å². The second-order valence-corrected chi connectivity index (χ2v) is 11.5. The van der Waals surface area contributed by atoms with Gasteiger partial charge in [0.2, 0.25) is 0 Å². The summed E-state index contributed by atoms with van der Waals surface area (Å²) in [5.41, 5.74) is 1.31. The molecule has 0 heterocycles. The molecule has 0 aromatic carbocycles. The first-order chi connectivity index (χ1) is 13.1. The minimum Gasteiger partial charge on any atom is -0.469 e. The average Bonchev–Trinajstić information content (AvgIpc) is 2.92. The molecule has 4 aliphatic rings. The highest BCUT2D eigenvalue weighted by Crippen LogP contribution is 2.76. The fourth-order valence-corrected chi connectivity index (χ4v) is 8.52. The van der Waals surface area contributed by atoms with Crippen LogP contribution in [0.5, 0.6) is 0 Å². The SMILES string of the molecule is COC(=O)CC(=O)OC1C[C@@H]2CCC3C(C)(C)CCC[C@]3(C)[C@]23CC[C@@]1(C)C3. The maximum atomic E-state index is 12.3. The maximum Gasteiger partial charge on any atom is 0.317 e. The zero-order valence-electron chi connectivity index (χ0n) is 18.4. The molecule has 6 atom stereocenters. The number of hydrogen-bond acceptors (Lipinski definition) is 4. The number of fused-ring (bicyclic) bond motifs is 2. The van der Waals surface area contributed by atoms with Crippen LogP contribution in [0, 0.1) is 33.5 Å². The van der Waals surface area contributed by atoms with Crippen LogP contribution in [0.15, 0.2) is 0 Å². The van der Waals surface area contributed by atoms with Gasteiger partial charge in [-0.15, -0.1) is 0 Å². The molecule has 0 N–H and O–H groups in total. The van der Waals surface area contributed by atoms with Gasteiger partial charge in [-0.05, 0) is 79.4 Å². The third kappa shape index (κ3) is 2.76. The Morgan fingerprint density at radius 1 is 0.964 bits per heavy atom. The average molecular weight is 391 g/mol. The molecule has 158 valence electrons. The Morgan fingerprint density at radius 3 is 2.43 bits per heavy atom. The summed E-state index contributed by atoms with van der Waals surface area (Å²) in [6.45, 7) is 9.94. The van der Waals surface area contributed by atoms with Crippen LogP contribution in [-0.4, -0.2) is 25.2 Å². The molecule has 0 saturated heterocycles. The molecule has 0 aromatic rings. The van der Waals surface area contributed by atoms with Crippen molar-refractivity contribution >= 4 is 11.9 Å². The highest BCUT2D eigenvalue weighted by molar-refractivity contribution is 5.91. The summed E-state index contributed by atoms with van der Waals surface area (Å²) in [4.78, 5) is 23.8. The highest BCUT2D eigenvalue weighted by Gasteiger charge is 2.69. The zero-order valence-corrected chi connectivity index (χ0v) is 18.4. The van der Waals surface area contributed by atoms with E-state index >= 15 is 0 Å². The quantitative estimate of drug-likeness (QED) is 0.486. The number of carbonyl (C=O) groups is 2. The molecule has 4 aliphatic carbocycles. The molecular formula is C24H38O4. The minimum absolute atomic E-state index is 0.0504. The van der Waals surface area contributed by atoms with Crippen LogP contribution < -0.4 is 0 Å². The van der Waals surface area contributed by atoms with Crippen LogP contribution in [0.4, 0.5) is 0 Å². The molecule has 1 spiro atoms. The van der Waals surface area contributed by atoms with Gasteiger partial charge in [0.25, 0.3) is 0 Å². The number of rotatable bonds is 3. The zero-order chi connectivity index (χ0) is 20.4. The Hall–Kier alpha value is -1.06. The van der Waals surface area contributed by atoms with Crippen molar-refractivity contribution in [3.8, 4) is 0 Å². The number of ether oxygens (including phenoxy) is 2. The normalized spacial score (nSPS) is 46.2. The monoisotopic (exact) mass is 390 g/mol. The third-order valence-corrected chi connectivity index (χ3v) is 9.88. The van der Waals surface area contributed by atoms with Crippen molar-refractivity contribution in [1.82, 2.24) is 0 Å². The lowest BCUT2D eigenvalue weighted by molar-refractivity contribution is -0.199. The van der Waals surface area contributed by atoms with Crippen LogP contribution >= 0.6 is 0 Å². The topological polar surface area (TPSA) is 52.6 Å². The molecule has 0 aliphatic heterocycles. The van der Waals surface area contributed by atoms with E-state index in [0.717, 1.165) is 18.8 Å². The smallest absolute Gasteiger partial charge is 0.317 e. The van der Waals surface area contributed by atoms with E-state index in [1.165, 1.54) is 52.1 Å². The Kier molecular flexibility index (Phi) is 4.67. The lowest BCUT2D eigenvalue weighted by Gasteiger charge is -2.67. The van der Waals surface area contributed by atoms with E-state index in [0.29, 0.717) is 22.2 Å². The standard InChI is InChI=1S/C24H38O4/c1-21(2)9-6-10-23(4)17(21)8-7-16-13-18(28-20(26)14-19(25)27-5)22(3)11-12-24(16,23)15-22/h16-18H,6-15H2,1-5H3/t16-,17?,18?,22-,23-,24-/m0/s1. The first-order valence-corrected chi connectivity index (χ1v) is 11.3. The lowest BCUT2D eigenvalue weighted by Crippen LogP contribution is -2.60. The number of carbonyl (C=O) groups excluding carboxylic acids is 2. The second-order valence-electron chi connectivity index (χ2n) is 11.5. The second kappa shape index (κ2) is 6.47. The van der Waals surface area contributed by atoms with Crippen LogP contribution in [-0.2, 0) is 19.1 Å². The Balaban J connectivity index is 1.59.